The number of aliphatic hydroxyl groups excluding tert-OH is 1. The Labute approximate surface area is 192 Å². The van der Waals surface area contributed by atoms with E-state index in [9.17, 15) is 9.59 Å². The molecule has 0 saturated carbocycles. The molecule has 0 spiro atoms. The van der Waals surface area contributed by atoms with E-state index in [1.807, 2.05) is 38.1 Å². The Morgan fingerprint density at radius 3 is 2.58 bits per heavy atom. The van der Waals surface area contributed by atoms with Gasteiger partial charge in [-0.1, -0.05) is 55.2 Å². The average molecular weight is 464 g/mol. The lowest BCUT2D eigenvalue weighted by atomic mass is 9.83. The van der Waals surface area contributed by atoms with Crippen LogP contribution in [0.2, 0.25) is 10.0 Å². The molecule has 1 aliphatic heterocycles. The molecule has 2 unspecified atom stereocenters. The number of hydrogen-bond acceptors (Lipinski definition) is 4. The van der Waals surface area contributed by atoms with Gasteiger partial charge in [0, 0.05) is 34.3 Å². The van der Waals surface area contributed by atoms with Gasteiger partial charge in [-0.3, -0.25) is 14.9 Å². The Hall–Kier alpha value is -2.12. The fraction of sp³-hybridized carbons (Fsp3) is 0.391. The van der Waals surface area contributed by atoms with E-state index in [-0.39, 0.29) is 30.9 Å². The number of amides is 2. The Morgan fingerprint density at radius 2 is 1.90 bits per heavy atom. The maximum absolute atomic E-state index is 13.4. The van der Waals surface area contributed by atoms with Gasteiger partial charge in [-0.05, 0) is 42.2 Å². The maximum atomic E-state index is 13.4. The Balaban J connectivity index is 2.05. The predicted octanol–water partition coefficient (Wildman–Crippen LogP) is 3.50. The minimum absolute atomic E-state index is 0.148. The summed E-state index contributed by atoms with van der Waals surface area (Å²) in [4.78, 5) is 26.3. The van der Waals surface area contributed by atoms with E-state index in [2.05, 4.69) is 16.0 Å². The summed E-state index contributed by atoms with van der Waals surface area (Å²) in [5.41, 5.74) is 1.02. The summed E-state index contributed by atoms with van der Waals surface area (Å²) < 4.78 is 0. The normalized spacial score (nSPS) is 18.6. The van der Waals surface area contributed by atoms with Crippen molar-refractivity contribution in [1.29, 1.82) is 0 Å². The van der Waals surface area contributed by atoms with Crippen LogP contribution in [0.15, 0.2) is 42.5 Å². The van der Waals surface area contributed by atoms with Gasteiger partial charge in [0.15, 0.2) is 0 Å². The molecule has 4 N–H and O–H groups in total. The number of benzene rings is 2. The maximum Gasteiger partial charge on any atom is 0.249 e. The molecule has 8 heteroatoms. The second kappa shape index (κ2) is 10.0. The molecule has 1 aliphatic rings. The van der Waals surface area contributed by atoms with E-state index in [1.54, 1.807) is 18.2 Å². The van der Waals surface area contributed by atoms with Gasteiger partial charge in [0.25, 0.3) is 0 Å². The fourth-order valence-corrected chi connectivity index (χ4v) is 4.35. The number of aliphatic hydroxyl groups is 1. The Morgan fingerprint density at radius 1 is 1.16 bits per heavy atom. The minimum atomic E-state index is -1.18. The minimum Gasteiger partial charge on any atom is -0.395 e. The van der Waals surface area contributed by atoms with E-state index in [0.717, 1.165) is 11.1 Å². The first kappa shape index (κ1) is 23.5. The summed E-state index contributed by atoms with van der Waals surface area (Å²) in [5.74, 6) is -0.313. The van der Waals surface area contributed by atoms with Crippen LogP contribution in [-0.2, 0) is 21.5 Å². The summed E-state index contributed by atoms with van der Waals surface area (Å²) >= 11 is 12.3. The van der Waals surface area contributed by atoms with E-state index >= 15 is 0 Å². The topological polar surface area (TPSA) is 90.5 Å². The molecule has 2 aromatic carbocycles. The van der Waals surface area contributed by atoms with E-state index < -0.39 is 11.6 Å². The van der Waals surface area contributed by atoms with Crippen LogP contribution in [0.1, 0.15) is 31.4 Å². The predicted molar refractivity (Wildman–Crippen MR) is 123 cm³/mol. The zero-order chi connectivity index (χ0) is 22.6. The summed E-state index contributed by atoms with van der Waals surface area (Å²) in [7, 11) is 0. The van der Waals surface area contributed by atoms with Crippen molar-refractivity contribution < 1.29 is 14.7 Å². The lowest BCUT2D eigenvalue weighted by Crippen LogP contribution is -2.58. The third kappa shape index (κ3) is 5.39. The molecule has 0 aromatic heterocycles. The highest BCUT2D eigenvalue weighted by Crippen LogP contribution is 2.40. The van der Waals surface area contributed by atoms with Crippen molar-refractivity contribution in [3.63, 3.8) is 0 Å². The number of nitrogens with one attached hydrogen (secondary N) is 3. The lowest BCUT2D eigenvalue weighted by Gasteiger charge is -2.34. The van der Waals surface area contributed by atoms with Gasteiger partial charge < -0.3 is 15.7 Å². The van der Waals surface area contributed by atoms with Crippen molar-refractivity contribution in [2.24, 2.45) is 5.92 Å². The number of rotatable bonds is 9. The molecule has 6 nitrogen and oxygen atoms in total. The Kier molecular flexibility index (Phi) is 7.59. The van der Waals surface area contributed by atoms with Crippen LogP contribution in [0.4, 0.5) is 5.69 Å². The van der Waals surface area contributed by atoms with Crippen molar-refractivity contribution in [2.45, 2.75) is 38.3 Å². The molecule has 166 valence electrons. The summed E-state index contributed by atoms with van der Waals surface area (Å²) in [6.45, 7) is 4.02. The number of anilines is 1. The van der Waals surface area contributed by atoms with Gasteiger partial charge in [-0.2, -0.15) is 0 Å². The zero-order valence-electron chi connectivity index (χ0n) is 17.5. The first-order valence-corrected chi connectivity index (χ1v) is 11.0. The quantitative estimate of drug-likeness (QED) is 0.458. The van der Waals surface area contributed by atoms with Crippen LogP contribution in [0.3, 0.4) is 0 Å². The monoisotopic (exact) mass is 463 g/mol. The summed E-state index contributed by atoms with van der Waals surface area (Å²) in [5, 5.41) is 19.2. The molecular weight excluding hydrogens is 437 g/mol. The van der Waals surface area contributed by atoms with Crippen molar-refractivity contribution in [3.05, 3.63) is 63.6 Å². The summed E-state index contributed by atoms with van der Waals surface area (Å²) in [6, 6.07) is 11.9. The average Bonchev–Trinajstić information content (AvgIpc) is 2.95. The van der Waals surface area contributed by atoms with Crippen molar-refractivity contribution >= 4 is 40.7 Å². The molecule has 2 aromatic rings. The van der Waals surface area contributed by atoms with Gasteiger partial charge in [-0.15, -0.1) is 0 Å². The number of halogens is 2. The number of carbonyl (C=O) groups excluding carboxylic acids is 2. The van der Waals surface area contributed by atoms with Crippen molar-refractivity contribution in [1.82, 2.24) is 10.6 Å². The molecule has 0 bridgehead atoms. The van der Waals surface area contributed by atoms with Crippen molar-refractivity contribution in [3.8, 4) is 0 Å². The fourth-order valence-electron chi connectivity index (χ4n) is 3.97. The second-order valence-corrected chi connectivity index (χ2v) is 9.07. The molecule has 0 aliphatic carbocycles. The van der Waals surface area contributed by atoms with Crippen LogP contribution >= 0.6 is 23.2 Å². The molecule has 2 amide bonds. The number of fused-ring (bicyclic) bond motifs is 1. The van der Waals surface area contributed by atoms with Crippen LogP contribution in [0.5, 0.6) is 0 Å². The zero-order valence-corrected chi connectivity index (χ0v) is 19.1. The van der Waals surface area contributed by atoms with Gasteiger partial charge in [-0.25, -0.2) is 0 Å². The number of hydrogen-bond donors (Lipinski definition) is 4. The second-order valence-electron chi connectivity index (χ2n) is 8.20. The van der Waals surface area contributed by atoms with E-state index in [1.165, 1.54) is 0 Å². The highest BCUT2D eigenvalue weighted by Gasteiger charge is 2.49. The number of carbonyl (C=O) groups is 2. The molecule has 3 rings (SSSR count). The van der Waals surface area contributed by atoms with Gasteiger partial charge in [0.1, 0.15) is 5.54 Å². The molecule has 0 saturated heterocycles. The van der Waals surface area contributed by atoms with Gasteiger partial charge in [0.2, 0.25) is 11.8 Å². The van der Waals surface area contributed by atoms with Crippen LogP contribution in [0.25, 0.3) is 0 Å². The molecule has 31 heavy (non-hydrogen) atoms. The standard InChI is InChI=1S/C23H27Cl2N3O3/c1-14(2)10-20(21(30)26-8-9-29)28-23(13-15-4-3-5-16(24)11-15)18-7-6-17(25)12-19(18)27-22(23)31/h3-7,11-12,14,20,28-29H,8-10,13H2,1-2H3,(H,26,30)(H,27,31). The largest absolute Gasteiger partial charge is 0.395 e. The first-order valence-electron chi connectivity index (χ1n) is 10.3. The van der Waals surface area contributed by atoms with Crippen LogP contribution < -0.4 is 16.0 Å². The third-order valence-electron chi connectivity index (χ3n) is 5.29. The SMILES string of the molecule is CC(C)CC(NC1(Cc2cccc(Cl)c2)C(=O)Nc2cc(Cl)ccc21)C(=O)NCCO. The molecule has 0 fully saturated rings. The molecule has 1 heterocycles. The van der Waals surface area contributed by atoms with Crippen LogP contribution in [-0.4, -0.2) is 36.1 Å². The molecule has 0 radical (unpaired) electrons. The lowest BCUT2D eigenvalue weighted by molar-refractivity contribution is -0.126. The van der Waals surface area contributed by atoms with E-state index in [4.69, 9.17) is 28.3 Å². The summed E-state index contributed by atoms with van der Waals surface area (Å²) in [6.07, 6.45) is 0.820. The van der Waals surface area contributed by atoms with Gasteiger partial charge >= 0.3 is 0 Å². The van der Waals surface area contributed by atoms with Gasteiger partial charge in [0.05, 0.1) is 12.6 Å². The van der Waals surface area contributed by atoms with Crippen molar-refractivity contribution in [2.75, 3.05) is 18.5 Å². The van der Waals surface area contributed by atoms with E-state index in [0.29, 0.717) is 28.6 Å². The van der Waals surface area contributed by atoms with Crippen LogP contribution in [0, 0.1) is 5.92 Å². The first-order chi connectivity index (χ1) is 14.7. The smallest absolute Gasteiger partial charge is 0.249 e. The highest BCUT2D eigenvalue weighted by atomic mass is 35.5. The third-order valence-corrected chi connectivity index (χ3v) is 5.76. The molecule has 2 atom stereocenters. The Bertz CT molecular complexity index is 967. The highest BCUT2D eigenvalue weighted by molar-refractivity contribution is 6.31. The molecular formula is C23H27Cl2N3O3.